The standard InChI is InChI=1S/C16H12F2IN3O/c1-8(20)15-21-14-12(6-10(18)7-13(14)19)16(23)22(15)11-4-2-3-9(17)5-11/h2-8H,20H2,1H3. The maximum atomic E-state index is 13.7. The van der Waals surface area contributed by atoms with Crippen molar-refractivity contribution in [2.24, 2.45) is 5.73 Å². The number of hydrogen-bond acceptors (Lipinski definition) is 3. The molecule has 0 amide bonds. The van der Waals surface area contributed by atoms with Crippen molar-refractivity contribution in [3.05, 3.63) is 67.8 Å². The Morgan fingerprint density at radius 1 is 1.22 bits per heavy atom. The summed E-state index contributed by atoms with van der Waals surface area (Å²) in [6.45, 7) is 1.68. The van der Waals surface area contributed by atoms with Crippen LogP contribution in [0.1, 0.15) is 18.8 Å². The zero-order chi connectivity index (χ0) is 16.7. The van der Waals surface area contributed by atoms with E-state index in [1.165, 1.54) is 28.8 Å². The summed E-state index contributed by atoms with van der Waals surface area (Å²) >= 11 is 1.92. The Hall–Kier alpha value is -1.87. The number of nitrogens with zero attached hydrogens (tertiary/aromatic N) is 2. The molecule has 1 unspecified atom stereocenters. The molecule has 118 valence electrons. The van der Waals surface area contributed by atoms with Gasteiger partial charge in [-0.15, -0.1) is 0 Å². The number of rotatable bonds is 2. The normalized spacial score (nSPS) is 12.6. The Labute approximate surface area is 144 Å². The summed E-state index contributed by atoms with van der Waals surface area (Å²) in [5, 5.41) is 0.128. The van der Waals surface area contributed by atoms with Crippen LogP contribution < -0.4 is 11.3 Å². The Bertz CT molecular complexity index is 969. The third-order valence-electron chi connectivity index (χ3n) is 3.39. The topological polar surface area (TPSA) is 60.9 Å². The highest BCUT2D eigenvalue weighted by Gasteiger charge is 2.18. The van der Waals surface area contributed by atoms with Crippen LogP contribution in [0.3, 0.4) is 0 Å². The van der Waals surface area contributed by atoms with Crippen LogP contribution in [0.5, 0.6) is 0 Å². The SMILES string of the molecule is CC(N)c1nc2c(I)cc(F)cc2c(=O)n1-c1cccc(F)c1. The van der Waals surface area contributed by atoms with Crippen LogP contribution in [0.25, 0.3) is 16.6 Å². The van der Waals surface area contributed by atoms with Gasteiger partial charge in [0.15, 0.2) is 0 Å². The fourth-order valence-corrected chi connectivity index (χ4v) is 3.11. The van der Waals surface area contributed by atoms with Gasteiger partial charge in [0.1, 0.15) is 17.5 Å². The van der Waals surface area contributed by atoms with Gasteiger partial charge >= 0.3 is 0 Å². The van der Waals surface area contributed by atoms with Crippen molar-refractivity contribution in [2.75, 3.05) is 0 Å². The fourth-order valence-electron chi connectivity index (χ4n) is 2.40. The zero-order valence-corrected chi connectivity index (χ0v) is 14.2. The molecule has 4 nitrogen and oxygen atoms in total. The zero-order valence-electron chi connectivity index (χ0n) is 12.1. The van der Waals surface area contributed by atoms with E-state index in [1.807, 2.05) is 22.6 Å². The molecule has 0 aliphatic heterocycles. The van der Waals surface area contributed by atoms with Crippen molar-refractivity contribution in [1.29, 1.82) is 0 Å². The summed E-state index contributed by atoms with van der Waals surface area (Å²) in [5.74, 6) is -0.725. The van der Waals surface area contributed by atoms with Crippen molar-refractivity contribution in [3.8, 4) is 5.69 Å². The molecule has 0 bridgehead atoms. The second kappa shape index (κ2) is 5.97. The van der Waals surface area contributed by atoms with Gasteiger partial charge in [-0.2, -0.15) is 0 Å². The van der Waals surface area contributed by atoms with Gasteiger partial charge in [0, 0.05) is 3.57 Å². The van der Waals surface area contributed by atoms with E-state index >= 15 is 0 Å². The summed E-state index contributed by atoms with van der Waals surface area (Å²) in [5.41, 5.74) is 6.14. The molecule has 0 radical (unpaired) electrons. The van der Waals surface area contributed by atoms with Gasteiger partial charge in [-0.1, -0.05) is 6.07 Å². The molecule has 0 aliphatic carbocycles. The minimum atomic E-state index is -0.559. The number of hydrogen-bond donors (Lipinski definition) is 1. The lowest BCUT2D eigenvalue weighted by atomic mass is 10.2. The predicted octanol–water partition coefficient (Wildman–Crippen LogP) is 3.29. The molecule has 0 saturated carbocycles. The minimum Gasteiger partial charge on any atom is -0.322 e. The maximum Gasteiger partial charge on any atom is 0.266 e. The van der Waals surface area contributed by atoms with Crippen molar-refractivity contribution in [1.82, 2.24) is 9.55 Å². The van der Waals surface area contributed by atoms with Crippen molar-refractivity contribution in [3.63, 3.8) is 0 Å². The Morgan fingerprint density at radius 2 is 1.96 bits per heavy atom. The third kappa shape index (κ3) is 2.86. The molecule has 3 rings (SSSR count). The summed E-state index contributed by atoms with van der Waals surface area (Å²) in [6.07, 6.45) is 0. The first-order valence-corrected chi connectivity index (χ1v) is 7.89. The summed E-state index contributed by atoms with van der Waals surface area (Å²) in [7, 11) is 0. The third-order valence-corrected chi connectivity index (χ3v) is 4.21. The molecule has 0 fully saturated rings. The molecular weight excluding hydrogens is 415 g/mol. The Balaban J connectivity index is 2.47. The van der Waals surface area contributed by atoms with E-state index < -0.39 is 23.2 Å². The van der Waals surface area contributed by atoms with Gasteiger partial charge in [0.05, 0.1) is 22.6 Å². The monoisotopic (exact) mass is 427 g/mol. The van der Waals surface area contributed by atoms with Gasteiger partial charge in [0.25, 0.3) is 5.56 Å². The predicted molar refractivity (Wildman–Crippen MR) is 92.6 cm³/mol. The van der Waals surface area contributed by atoms with Gasteiger partial charge in [0.2, 0.25) is 0 Å². The maximum absolute atomic E-state index is 13.7. The highest BCUT2D eigenvalue weighted by Crippen LogP contribution is 2.22. The highest BCUT2D eigenvalue weighted by atomic mass is 127. The highest BCUT2D eigenvalue weighted by molar-refractivity contribution is 14.1. The Morgan fingerprint density at radius 3 is 2.61 bits per heavy atom. The van der Waals surface area contributed by atoms with E-state index in [9.17, 15) is 13.6 Å². The Kier molecular flexibility index (Phi) is 4.15. The van der Waals surface area contributed by atoms with E-state index in [0.29, 0.717) is 14.8 Å². The number of benzene rings is 2. The number of fused-ring (bicyclic) bond motifs is 1. The summed E-state index contributed by atoms with van der Waals surface area (Å²) < 4.78 is 28.9. The molecule has 2 N–H and O–H groups in total. The van der Waals surface area contributed by atoms with Gasteiger partial charge in [-0.3, -0.25) is 9.36 Å². The van der Waals surface area contributed by atoms with E-state index in [0.717, 1.165) is 6.07 Å². The van der Waals surface area contributed by atoms with Crippen LogP contribution in [0.15, 0.2) is 41.2 Å². The van der Waals surface area contributed by atoms with Crippen LogP contribution >= 0.6 is 22.6 Å². The second-order valence-electron chi connectivity index (χ2n) is 5.16. The molecule has 3 aromatic rings. The van der Waals surface area contributed by atoms with Gasteiger partial charge in [-0.25, -0.2) is 13.8 Å². The van der Waals surface area contributed by atoms with Crippen LogP contribution in [-0.2, 0) is 0 Å². The summed E-state index contributed by atoms with van der Waals surface area (Å²) in [6, 6.07) is 7.43. The lowest BCUT2D eigenvalue weighted by molar-refractivity contribution is 0.622. The number of halogens is 3. The molecule has 23 heavy (non-hydrogen) atoms. The van der Waals surface area contributed by atoms with Crippen molar-refractivity contribution >= 4 is 33.5 Å². The molecule has 1 heterocycles. The first-order chi connectivity index (χ1) is 10.9. The number of aromatic nitrogens is 2. The molecular formula is C16H12F2IN3O. The smallest absolute Gasteiger partial charge is 0.266 e. The van der Waals surface area contributed by atoms with Crippen molar-refractivity contribution < 1.29 is 8.78 Å². The summed E-state index contributed by atoms with van der Waals surface area (Å²) in [4.78, 5) is 17.3. The van der Waals surface area contributed by atoms with Crippen LogP contribution in [0.2, 0.25) is 0 Å². The van der Waals surface area contributed by atoms with Crippen LogP contribution in [0, 0.1) is 15.2 Å². The molecule has 0 aliphatic rings. The lowest BCUT2D eigenvalue weighted by Gasteiger charge is -2.16. The van der Waals surface area contributed by atoms with Crippen molar-refractivity contribution in [2.45, 2.75) is 13.0 Å². The van der Waals surface area contributed by atoms with E-state index in [4.69, 9.17) is 5.73 Å². The second-order valence-corrected chi connectivity index (χ2v) is 6.33. The average molecular weight is 427 g/mol. The van der Waals surface area contributed by atoms with E-state index in [1.54, 1.807) is 13.0 Å². The quantitative estimate of drug-likeness (QED) is 0.639. The van der Waals surface area contributed by atoms with Gasteiger partial charge < -0.3 is 5.73 Å². The largest absolute Gasteiger partial charge is 0.322 e. The van der Waals surface area contributed by atoms with Crippen LogP contribution in [0.4, 0.5) is 8.78 Å². The number of nitrogens with two attached hydrogens (primary N) is 1. The lowest BCUT2D eigenvalue weighted by Crippen LogP contribution is -2.28. The first-order valence-electron chi connectivity index (χ1n) is 6.81. The molecule has 7 heteroatoms. The fraction of sp³-hybridized carbons (Fsp3) is 0.125. The molecule has 0 spiro atoms. The molecule has 1 aromatic heterocycles. The van der Waals surface area contributed by atoms with E-state index in [2.05, 4.69) is 4.98 Å². The van der Waals surface area contributed by atoms with E-state index in [-0.39, 0.29) is 11.2 Å². The van der Waals surface area contributed by atoms with Crippen LogP contribution in [-0.4, -0.2) is 9.55 Å². The molecule has 0 saturated heterocycles. The minimum absolute atomic E-state index is 0.128. The molecule has 2 aromatic carbocycles. The van der Waals surface area contributed by atoms with Gasteiger partial charge in [-0.05, 0) is 59.8 Å². The average Bonchev–Trinajstić information content (AvgIpc) is 2.47. The molecule has 1 atom stereocenters. The first kappa shape index (κ1) is 16.0.